The summed E-state index contributed by atoms with van der Waals surface area (Å²) in [4.78, 5) is 24.5. The highest BCUT2D eigenvalue weighted by Crippen LogP contribution is 2.31. The highest BCUT2D eigenvalue weighted by molar-refractivity contribution is 5.99. The molecule has 4 rings (SSSR count). The topological polar surface area (TPSA) is 79.8 Å². The van der Waals surface area contributed by atoms with Crippen LogP contribution in [0.25, 0.3) is 10.8 Å². The van der Waals surface area contributed by atoms with Gasteiger partial charge in [-0.05, 0) is 37.0 Å². The van der Waals surface area contributed by atoms with Gasteiger partial charge in [0.2, 0.25) is 5.91 Å². The second-order valence-electron chi connectivity index (χ2n) is 6.65. The number of rotatable bonds is 4. The van der Waals surface area contributed by atoms with Gasteiger partial charge in [0.25, 0.3) is 6.43 Å². The van der Waals surface area contributed by atoms with E-state index in [1.54, 1.807) is 31.6 Å². The zero-order chi connectivity index (χ0) is 20.4. The van der Waals surface area contributed by atoms with Crippen LogP contribution in [0.5, 0.6) is 0 Å². The fraction of sp³-hybridized carbons (Fsp3) is 0.238. The van der Waals surface area contributed by atoms with Crippen molar-refractivity contribution < 1.29 is 13.6 Å². The van der Waals surface area contributed by atoms with E-state index in [4.69, 9.17) is 0 Å². The minimum absolute atomic E-state index is 0.0413. The van der Waals surface area contributed by atoms with Crippen molar-refractivity contribution >= 4 is 28.3 Å². The van der Waals surface area contributed by atoms with Crippen molar-refractivity contribution in [1.29, 1.82) is 0 Å². The predicted octanol–water partition coefficient (Wildman–Crippen LogP) is 3.75. The van der Waals surface area contributed by atoms with Gasteiger partial charge in [0, 0.05) is 36.1 Å². The number of hydrogen-bond acceptors (Lipinski definition) is 5. The van der Waals surface area contributed by atoms with Crippen molar-refractivity contribution in [2.75, 3.05) is 17.7 Å². The number of fused-ring (bicyclic) bond motifs is 1. The normalized spacial score (nSPS) is 13.1. The molecule has 0 spiro atoms. The Morgan fingerprint density at radius 2 is 2.00 bits per heavy atom. The standard InChI is InChI=1S/C21H17F2N5O/c1-24-20-16-11-25-18(28-21(29)12-5-6-12)9-15(16)13(10-26-20)7-8-14-3-2-4-17(27-14)19(22)23/h2-4,9-12,19H,5-6H2,1H3,(H,24,26)(H,25,28,29). The molecule has 0 bridgehead atoms. The Labute approximate surface area is 165 Å². The van der Waals surface area contributed by atoms with Gasteiger partial charge >= 0.3 is 0 Å². The lowest BCUT2D eigenvalue weighted by Crippen LogP contribution is -2.14. The summed E-state index contributed by atoms with van der Waals surface area (Å²) in [5.41, 5.74) is 0.497. The Morgan fingerprint density at radius 1 is 1.17 bits per heavy atom. The van der Waals surface area contributed by atoms with Crippen molar-refractivity contribution in [1.82, 2.24) is 15.0 Å². The number of anilines is 2. The van der Waals surface area contributed by atoms with Crippen LogP contribution in [-0.2, 0) is 4.79 Å². The van der Waals surface area contributed by atoms with Gasteiger partial charge in [-0.15, -0.1) is 0 Å². The number of aromatic nitrogens is 3. The van der Waals surface area contributed by atoms with E-state index in [2.05, 4.69) is 37.4 Å². The molecule has 1 fully saturated rings. The second kappa shape index (κ2) is 7.80. The molecule has 0 atom stereocenters. The third kappa shape index (κ3) is 4.14. The van der Waals surface area contributed by atoms with E-state index in [0.717, 1.165) is 23.6 Å². The van der Waals surface area contributed by atoms with Gasteiger partial charge in [-0.1, -0.05) is 12.0 Å². The van der Waals surface area contributed by atoms with Gasteiger partial charge in [0.05, 0.1) is 5.56 Å². The van der Waals surface area contributed by atoms with Crippen LogP contribution in [0, 0.1) is 17.8 Å². The molecule has 0 unspecified atom stereocenters. The first-order chi connectivity index (χ1) is 14.0. The van der Waals surface area contributed by atoms with E-state index in [9.17, 15) is 13.6 Å². The number of carbonyl (C=O) groups excluding carboxylic acids is 1. The molecule has 0 aromatic carbocycles. The molecule has 2 N–H and O–H groups in total. The van der Waals surface area contributed by atoms with Crippen LogP contribution in [0.4, 0.5) is 20.4 Å². The maximum Gasteiger partial charge on any atom is 0.280 e. The molecule has 3 aromatic rings. The van der Waals surface area contributed by atoms with Crippen LogP contribution in [0.3, 0.4) is 0 Å². The van der Waals surface area contributed by atoms with Crippen molar-refractivity contribution in [3.63, 3.8) is 0 Å². The van der Waals surface area contributed by atoms with Crippen LogP contribution in [0.15, 0.2) is 36.7 Å². The molecule has 0 radical (unpaired) electrons. The Balaban J connectivity index is 1.73. The van der Waals surface area contributed by atoms with E-state index < -0.39 is 6.43 Å². The number of carbonyl (C=O) groups is 1. The largest absolute Gasteiger partial charge is 0.373 e. The summed E-state index contributed by atoms with van der Waals surface area (Å²) in [6.07, 6.45) is 2.35. The summed E-state index contributed by atoms with van der Waals surface area (Å²) in [5, 5.41) is 7.29. The molecular weight excluding hydrogens is 376 g/mol. The zero-order valence-corrected chi connectivity index (χ0v) is 15.5. The van der Waals surface area contributed by atoms with Crippen molar-refractivity contribution in [3.8, 4) is 11.8 Å². The summed E-state index contributed by atoms with van der Waals surface area (Å²) < 4.78 is 25.7. The first kappa shape index (κ1) is 18.7. The lowest BCUT2D eigenvalue weighted by Gasteiger charge is -2.09. The van der Waals surface area contributed by atoms with E-state index in [1.165, 1.54) is 12.1 Å². The summed E-state index contributed by atoms with van der Waals surface area (Å²) in [6.45, 7) is 0. The average molecular weight is 393 g/mol. The van der Waals surface area contributed by atoms with Crippen molar-refractivity contribution in [2.45, 2.75) is 19.3 Å². The molecule has 1 saturated carbocycles. The Morgan fingerprint density at radius 3 is 2.72 bits per heavy atom. The van der Waals surface area contributed by atoms with Crippen LogP contribution >= 0.6 is 0 Å². The molecule has 3 aromatic heterocycles. The fourth-order valence-corrected chi connectivity index (χ4v) is 2.85. The number of hydrogen-bond donors (Lipinski definition) is 2. The van der Waals surface area contributed by atoms with E-state index in [-0.39, 0.29) is 23.2 Å². The molecule has 3 heterocycles. The molecule has 0 saturated heterocycles. The molecule has 8 heteroatoms. The van der Waals surface area contributed by atoms with Crippen molar-refractivity contribution in [3.05, 3.63) is 53.6 Å². The lowest BCUT2D eigenvalue weighted by atomic mass is 10.1. The highest BCUT2D eigenvalue weighted by Gasteiger charge is 2.29. The summed E-state index contributed by atoms with van der Waals surface area (Å²) in [6, 6.07) is 6.06. The third-order valence-corrected chi connectivity index (χ3v) is 4.53. The van der Waals surface area contributed by atoms with E-state index >= 15 is 0 Å². The smallest absolute Gasteiger partial charge is 0.280 e. The molecule has 0 aliphatic heterocycles. The summed E-state index contributed by atoms with van der Waals surface area (Å²) in [5.74, 6) is 6.83. The first-order valence-electron chi connectivity index (χ1n) is 9.09. The molecule has 1 aliphatic rings. The maximum absolute atomic E-state index is 12.8. The minimum Gasteiger partial charge on any atom is -0.373 e. The van der Waals surface area contributed by atoms with Crippen LogP contribution in [0.2, 0.25) is 0 Å². The molecule has 1 aliphatic carbocycles. The van der Waals surface area contributed by atoms with Crippen LogP contribution < -0.4 is 10.6 Å². The third-order valence-electron chi connectivity index (χ3n) is 4.53. The molecule has 6 nitrogen and oxygen atoms in total. The summed E-state index contributed by atoms with van der Waals surface area (Å²) >= 11 is 0. The summed E-state index contributed by atoms with van der Waals surface area (Å²) in [7, 11) is 1.75. The molecule has 1 amide bonds. The molecule has 146 valence electrons. The highest BCUT2D eigenvalue weighted by atomic mass is 19.3. The SMILES string of the molecule is CNc1ncc(C#Cc2cccc(C(F)F)n2)c2cc(NC(=O)C3CC3)ncc12. The van der Waals surface area contributed by atoms with E-state index in [0.29, 0.717) is 17.2 Å². The van der Waals surface area contributed by atoms with Crippen molar-refractivity contribution in [2.24, 2.45) is 5.92 Å². The average Bonchev–Trinajstić information content (AvgIpc) is 3.57. The minimum atomic E-state index is -2.65. The zero-order valence-electron chi connectivity index (χ0n) is 15.5. The van der Waals surface area contributed by atoms with Gasteiger partial charge in [-0.3, -0.25) is 4.79 Å². The van der Waals surface area contributed by atoms with E-state index in [1.807, 2.05) is 0 Å². The lowest BCUT2D eigenvalue weighted by molar-refractivity contribution is -0.117. The van der Waals surface area contributed by atoms with Gasteiger partial charge in [-0.25, -0.2) is 23.7 Å². The van der Waals surface area contributed by atoms with Gasteiger partial charge in [0.15, 0.2) is 0 Å². The number of nitrogens with one attached hydrogen (secondary N) is 2. The predicted molar refractivity (Wildman–Crippen MR) is 106 cm³/mol. The number of pyridine rings is 3. The number of halogens is 2. The maximum atomic E-state index is 12.8. The number of amides is 1. The Kier molecular flexibility index (Phi) is 5.04. The first-order valence-corrected chi connectivity index (χ1v) is 9.09. The fourth-order valence-electron chi connectivity index (χ4n) is 2.85. The molecular formula is C21H17F2N5O. The monoisotopic (exact) mass is 393 g/mol. The number of nitrogens with zero attached hydrogens (tertiary/aromatic N) is 3. The van der Waals surface area contributed by atoms with Gasteiger partial charge in [0.1, 0.15) is 23.0 Å². The Bertz CT molecular complexity index is 1150. The second-order valence-corrected chi connectivity index (χ2v) is 6.65. The van der Waals surface area contributed by atoms with Crippen LogP contribution in [0.1, 0.15) is 36.2 Å². The van der Waals surface area contributed by atoms with Gasteiger partial charge < -0.3 is 10.6 Å². The quantitative estimate of drug-likeness (QED) is 0.660. The van der Waals surface area contributed by atoms with Crippen LogP contribution in [-0.4, -0.2) is 27.9 Å². The molecule has 29 heavy (non-hydrogen) atoms. The Hall–Kier alpha value is -3.60. The number of alkyl halides is 2. The van der Waals surface area contributed by atoms with Gasteiger partial charge in [-0.2, -0.15) is 0 Å².